The van der Waals surface area contributed by atoms with Crippen LogP contribution in [-0.2, 0) is 11.3 Å². The highest BCUT2D eigenvalue weighted by molar-refractivity contribution is 7.10. The average molecular weight is 316 g/mol. The summed E-state index contributed by atoms with van der Waals surface area (Å²) in [6, 6.07) is 6.94. The van der Waals surface area contributed by atoms with Crippen molar-refractivity contribution in [2.45, 2.75) is 6.54 Å². The Morgan fingerprint density at radius 3 is 2.74 bits per heavy atom. The number of rotatable bonds is 4. The van der Waals surface area contributed by atoms with E-state index in [0.29, 0.717) is 27.8 Å². The van der Waals surface area contributed by atoms with Gasteiger partial charge in [-0.3, -0.25) is 0 Å². The molecule has 1 aromatic heterocycles. The summed E-state index contributed by atoms with van der Waals surface area (Å²) in [6.45, 7) is 0.586. The van der Waals surface area contributed by atoms with E-state index >= 15 is 0 Å². The molecule has 0 bridgehead atoms. The molecule has 0 fully saturated rings. The summed E-state index contributed by atoms with van der Waals surface area (Å²) in [5.41, 5.74) is 1.10. The third kappa shape index (κ3) is 3.62. The second-order valence-electron chi connectivity index (χ2n) is 3.77. The van der Waals surface area contributed by atoms with Gasteiger partial charge in [0.2, 0.25) is 0 Å². The fourth-order valence-corrected chi connectivity index (χ4v) is 2.76. The molecule has 1 aromatic carbocycles. The predicted octanol–water partition coefficient (Wildman–Crippen LogP) is 4.45. The third-order valence-corrected chi connectivity index (χ3v) is 3.98. The van der Waals surface area contributed by atoms with Gasteiger partial charge in [0.15, 0.2) is 0 Å². The lowest BCUT2D eigenvalue weighted by Crippen LogP contribution is -2.07. The van der Waals surface area contributed by atoms with E-state index in [2.05, 4.69) is 5.32 Å². The quantitative estimate of drug-likeness (QED) is 0.847. The fourth-order valence-electron chi connectivity index (χ4n) is 1.58. The van der Waals surface area contributed by atoms with Crippen LogP contribution in [-0.4, -0.2) is 13.1 Å². The molecule has 0 aliphatic rings. The van der Waals surface area contributed by atoms with Crippen LogP contribution in [0.2, 0.25) is 10.0 Å². The highest BCUT2D eigenvalue weighted by Crippen LogP contribution is 2.24. The van der Waals surface area contributed by atoms with Gasteiger partial charge in [-0.05, 0) is 24.3 Å². The number of nitrogens with one attached hydrogen (secondary N) is 1. The highest BCUT2D eigenvalue weighted by atomic mass is 35.5. The SMILES string of the molecule is COC(=O)c1cc(Cl)ccc1NCc1cc(Cl)cs1. The van der Waals surface area contributed by atoms with Crippen LogP contribution in [0.1, 0.15) is 15.2 Å². The van der Waals surface area contributed by atoms with Crippen LogP contribution in [0, 0.1) is 0 Å². The molecule has 100 valence electrons. The standard InChI is InChI=1S/C13H11Cl2NO2S/c1-18-13(17)11-5-8(14)2-3-12(11)16-6-10-4-9(15)7-19-10/h2-5,7,16H,6H2,1H3. The van der Waals surface area contributed by atoms with Crippen LogP contribution in [0.3, 0.4) is 0 Å². The molecule has 6 heteroatoms. The number of carbonyl (C=O) groups is 1. The van der Waals surface area contributed by atoms with Gasteiger partial charge >= 0.3 is 5.97 Å². The van der Waals surface area contributed by atoms with E-state index in [9.17, 15) is 4.79 Å². The van der Waals surface area contributed by atoms with Gasteiger partial charge in [0.05, 0.1) is 17.7 Å². The number of halogens is 2. The zero-order valence-corrected chi connectivity index (χ0v) is 12.4. The Hall–Kier alpha value is -1.23. The lowest BCUT2D eigenvalue weighted by molar-refractivity contribution is 0.0602. The zero-order valence-electron chi connectivity index (χ0n) is 10.1. The topological polar surface area (TPSA) is 38.3 Å². The molecule has 2 rings (SSSR count). The maximum atomic E-state index is 11.7. The van der Waals surface area contributed by atoms with Crippen LogP contribution < -0.4 is 5.32 Å². The lowest BCUT2D eigenvalue weighted by atomic mass is 10.2. The molecule has 0 saturated heterocycles. The van der Waals surface area contributed by atoms with Crippen LogP contribution >= 0.6 is 34.5 Å². The molecule has 0 radical (unpaired) electrons. The van der Waals surface area contributed by atoms with Gasteiger partial charge in [-0.25, -0.2) is 4.79 Å². The number of esters is 1. The number of thiophene rings is 1. The Morgan fingerprint density at radius 2 is 2.11 bits per heavy atom. The van der Waals surface area contributed by atoms with Crippen LogP contribution in [0.5, 0.6) is 0 Å². The Bertz CT molecular complexity index is 598. The van der Waals surface area contributed by atoms with E-state index in [4.69, 9.17) is 27.9 Å². The summed E-state index contributed by atoms with van der Waals surface area (Å²) >= 11 is 13.3. The molecule has 19 heavy (non-hydrogen) atoms. The third-order valence-electron chi connectivity index (χ3n) is 2.46. The first-order valence-corrected chi connectivity index (χ1v) is 7.08. The summed E-state index contributed by atoms with van der Waals surface area (Å²) in [5, 5.41) is 6.25. The van der Waals surface area contributed by atoms with Crippen molar-refractivity contribution < 1.29 is 9.53 Å². The molecule has 0 unspecified atom stereocenters. The minimum Gasteiger partial charge on any atom is -0.465 e. The van der Waals surface area contributed by atoms with Crippen molar-refractivity contribution >= 4 is 46.2 Å². The maximum absolute atomic E-state index is 11.7. The number of ether oxygens (including phenoxy) is 1. The summed E-state index contributed by atoms with van der Waals surface area (Å²) in [6.07, 6.45) is 0. The molecule has 0 saturated carbocycles. The van der Waals surface area contributed by atoms with Gasteiger partial charge in [-0.2, -0.15) is 0 Å². The van der Waals surface area contributed by atoms with Gasteiger partial charge in [-0.15, -0.1) is 11.3 Å². The van der Waals surface area contributed by atoms with Crippen molar-refractivity contribution in [1.29, 1.82) is 0 Å². The normalized spacial score (nSPS) is 10.3. The molecule has 3 nitrogen and oxygen atoms in total. The largest absolute Gasteiger partial charge is 0.465 e. The molecule has 0 aliphatic heterocycles. The Labute approximate surface area is 125 Å². The molecule has 0 aliphatic carbocycles. The smallest absolute Gasteiger partial charge is 0.340 e. The van der Waals surface area contributed by atoms with Gasteiger partial charge in [0.25, 0.3) is 0 Å². The minimum atomic E-state index is -0.422. The summed E-state index contributed by atoms with van der Waals surface area (Å²) in [4.78, 5) is 12.7. The van der Waals surface area contributed by atoms with Crippen LogP contribution in [0.25, 0.3) is 0 Å². The number of methoxy groups -OCH3 is 1. The summed E-state index contributed by atoms with van der Waals surface area (Å²) < 4.78 is 4.73. The van der Waals surface area contributed by atoms with Crippen molar-refractivity contribution in [3.8, 4) is 0 Å². The van der Waals surface area contributed by atoms with Gasteiger partial charge in [0, 0.05) is 27.5 Å². The number of carbonyl (C=O) groups excluding carboxylic acids is 1. The second kappa shape index (κ2) is 6.28. The second-order valence-corrected chi connectivity index (χ2v) is 5.63. The van der Waals surface area contributed by atoms with E-state index in [1.807, 2.05) is 11.4 Å². The monoisotopic (exact) mass is 315 g/mol. The molecule has 1 N–H and O–H groups in total. The fraction of sp³-hybridized carbons (Fsp3) is 0.154. The molecule has 0 atom stereocenters. The zero-order chi connectivity index (χ0) is 13.8. The molecule has 0 amide bonds. The number of benzene rings is 1. The molecule has 0 spiro atoms. The molecular formula is C13H11Cl2NO2S. The Balaban J connectivity index is 2.17. The van der Waals surface area contributed by atoms with Crippen molar-refractivity contribution in [3.63, 3.8) is 0 Å². The van der Waals surface area contributed by atoms with Crippen molar-refractivity contribution in [3.05, 3.63) is 50.1 Å². The highest BCUT2D eigenvalue weighted by Gasteiger charge is 2.12. The molecule has 2 aromatic rings. The van der Waals surface area contributed by atoms with E-state index in [0.717, 1.165) is 4.88 Å². The molecule has 1 heterocycles. The number of anilines is 1. The average Bonchev–Trinajstić information content (AvgIpc) is 2.82. The van der Waals surface area contributed by atoms with Gasteiger partial charge < -0.3 is 10.1 Å². The van der Waals surface area contributed by atoms with E-state index in [1.165, 1.54) is 7.11 Å². The predicted molar refractivity (Wildman–Crippen MR) is 79.4 cm³/mol. The van der Waals surface area contributed by atoms with Crippen molar-refractivity contribution in [2.24, 2.45) is 0 Å². The summed E-state index contributed by atoms with van der Waals surface area (Å²) in [5.74, 6) is -0.422. The van der Waals surface area contributed by atoms with E-state index < -0.39 is 5.97 Å². The first-order chi connectivity index (χ1) is 9.10. The first-order valence-electron chi connectivity index (χ1n) is 5.45. The Kier molecular flexibility index (Phi) is 4.69. The number of hydrogen-bond acceptors (Lipinski definition) is 4. The number of hydrogen-bond donors (Lipinski definition) is 1. The Morgan fingerprint density at radius 1 is 1.32 bits per heavy atom. The van der Waals surface area contributed by atoms with Crippen molar-refractivity contribution in [1.82, 2.24) is 0 Å². The van der Waals surface area contributed by atoms with E-state index in [-0.39, 0.29) is 0 Å². The van der Waals surface area contributed by atoms with Gasteiger partial charge in [0.1, 0.15) is 0 Å². The summed E-state index contributed by atoms with van der Waals surface area (Å²) in [7, 11) is 1.34. The van der Waals surface area contributed by atoms with Gasteiger partial charge in [-0.1, -0.05) is 23.2 Å². The van der Waals surface area contributed by atoms with E-state index in [1.54, 1.807) is 29.5 Å². The molecular weight excluding hydrogens is 305 g/mol. The minimum absolute atomic E-state index is 0.414. The first kappa shape index (κ1) is 14.2. The maximum Gasteiger partial charge on any atom is 0.340 e. The lowest BCUT2D eigenvalue weighted by Gasteiger charge is -2.10. The van der Waals surface area contributed by atoms with Crippen LogP contribution in [0.4, 0.5) is 5.69 Å². The van der Waals surface area contributed by atoms with Crippen LogP contribution in [0.15, 0.2) is 29.6 Å². The van der Waals surface area contributed by atoms with Crippen molar-refractivity contribution in [2.75, 3.05) is 12.4 Å².